The van der Waals surface area contributed by atoms with Crippen molar-refractivity contribution >= 4 is 10.0 Å². The summed E-state index contributed by atoms with van der Waals surface area (Å²) in [6.07, 6.45) is 5.21. The van der Waals surface area contributed by atoms with E-state index in [2.05, 4.69) is 4.72 Å². The van der Waals surface area contributed by atoms with Crippen molar-refractivity contribution in [3.8, 4) is 0 Å². The van der Waals surface area contributed by atoms with E-state index >= 15 is 0 Å². The van der Waals surface area contributed by atoms with Crippen molar-refractivity contribution in [3.63, 3.8) is 0 Å². The fourth-order valence-corrected chi connectivity index (χ4v) is 4.22. The fourth-order valence-electron chi connectivity index (χ4n) is 2.79. The lowest BCUT2D eigenvalue weighted by Crippen LogP contribution is -2.38. The Kier molecular flexibility index (Phi) is 4.87. The molecule has 112 valence electrons. The Morgan fingerprint density at radius 3 is 2.58 bits per heavy atom. The van der Waals surface area contributed by atoms with Crippen LogP contribution in [0.3, 0.4) is 0 Å². The molecule has 0 bridgehead atoms. The van der Waals surface area contributed by atoms with Crippen molar-refractivity contribution < 1.29 is 17.9 Å². The Balaban J connectivity index is 1.79. The minimum atomic E-state index is -3.20. The van der Waals surface area contributed by atoms with Crippen LogP contribution in [0.5, 0.6) is 0 Å². The molecule has 1 aliphatic heterocycles. The van der Waals surface area contributed by atoms with Crippen LogP contribution in [-0.4, -0.2) is 39.2 Å². The van der Waals surface area contributed by atoms with Gasteiger partial charge in [-0.2, -0.15) is 0 Å². The molecule has 0 aromatic carbocycles. The zero-order valence-corrected chi connectivity index (χ0v) is 12.7. The normalized spacial score (nSPS) is 27.2. The zero-order valence-electron chi connectivity index (χ0n) is 11.9. The maximum Gasteiger partial charge on any atom is 0.211 e. The maximum atomic E-state index is 11.8. The topological polar surface area (TPSA) is 64.6 Å². The number of nitrogens with one attached hydrogen (secondary N) is 1. The van der Waals surface area contributed by atoms with Gasteiger partial charge in [-0.05, 0) is 18.8 Å². The van der Waals surface area contributed by atoms with Crippen LogP contribution in [0.15, 0.2) is 0 Å². The highest BCUT2D eigenvalue weighted by Crippen LogP contribution is 2.37. The summed E-state index contributed by atoms with van der Waals surface area (Å²) in [5, 5.41) is 0. The molecule has 0 aromatic heterocycles. The molecule has 1 heterocycles. The van der Waals surface area contributed by atoms with Crippen molar-refractivity contribution in [1.29, 1.82) is 0 Å². The molecule has 19 heavy (non-hydrogen) atoms. The number of rotatable bonds is 5. The van der Waals surface area contributed by atoms with Gasteiger partial charge in [0.15, 0.2) is 5.79 Å². The van der Waals surface area contributed by atoms with Crippen molar-refractivity contribution in [2.75, 3.05) is 18.9 Å². The van der Waals surface area contributed by atoms with E-state index in [4.69, 9.17) is 9.47 Å². The molecular formula is C13H25NO4S. The summed E-state index contributed by atoms with van der Waals surface area (Å²) in [6, 6.07) is 0. The van der Waals surface area contributed by atoms with Gasteiger partial charge in [-0.3, -0.25) is 0 Å². The second-order valence-electron chi connectivity index (χ2n) is 6.05. The molecule has 2 rings (SSSR count). The maximum absolute atomic E-state index is 11.8. The van der Waals surface area contributed by atoms with Gasteiger partial charge in [0.1, 0.15) is 0 Å². The van der Waals surface area contributed by atoms with Crippen molar-refractivity contribution in [1.82, 2.24) is 4.72 Å². The van der Waals surface area contributed by atoms with Crippen LogP contribution in [0.4, 0.5) is 0 Å². The van der Waals surface area contributed by atoms with E-state index in [1.54, 1.807) is 0 Å². The Morgan fingerprint density at radius 1 is 1.26 bits per heavy atom. The molecular weight excluding hydrogens is 266 g/mol. The van der Waals surface area contributed by atoms with Gasteiger partial charge in [0.2, 0.25) is 10.0 Å². The third-order valence-electron chi connectivity index (χ3n) is 3.61. The molecule has 1 N–H and O–H groups in total. The second kappa shape index (κ2) is 6.08. The first-order chi connectivity index (χ1) is 8.91. The van der Waals surface area contributed by atoms with Crippen molar-refractivity contribution in [3.05, 3.63) is 0 Å². The first kappa shape index (κ1) is 15.2. The quantitative estimate of drug-likeness (QED) is 0.836. The molecule has 5 nitrogen and oxygen atoms in total. The second-order valence-corrected chi connectivity index (χ2v) is 7.90. The van der Waals surface area contributed by atoms with Crippen molar-refractivity contribution in [2.45, 2.75) is 57.8 Å². The molecule has 1 saturated carbocycles. The molecule has 1 saturated heterocycles. The van der Waals surface area contributed by atoms with E-state index in [0.717, 1.165) is 25.7 Å². The highest BCUT2D eigenvalue weighted by atomic mass is 32.2. The molecule has 2 aliphatic rings. The standard InChI is InChI=1S/C13H25NO4S/c1-11(2)10-19(15,16)14-8-12-9-17-13(18-12)6-4-3-5-7-13/h11-12,14H,3-10H2,1-2H3/t12-/m0/s1. The fraction of sp³-hybridized carbons (Fsp3) is 1.00. The molecule has 6 heteroatoms. The zero-order chi connectivity index (χ0) is 13.9. The predicted octanol–water partition coefficient (Wildman–Crippen LogP) is 1.64. The lowest BCUT2D eigenvalue weighted by Gasteiger charge is -2.31. The number of hydrogen-bond acceptors (Lipinski definition) is 4. The Labute approximate surface area is 116 Å². The Morgan fingerprint density at radius 2 is 1.95 bits per heavy atom. The monoisotopic (exact) mass is 291 g/mol. The van der Waals surface area contributed by atoms with Gasteiger partial charge in [0.25, 0.3) is 0 Å². The molecule has 2 fully saturated rings. The summed E-state index contributed by atoms with van der Waals surface area (Å²) in [4.78, 5) is 0. The molecule has 1 atom stereocenters. The van der Waals surface area contributed by atoms with E-state index in [9.17, 15) is 8.42 Å². The van der Waals surface area contributed by atoms with E-state index in [0.29, 0.717) is 13.2 Å². The largest absolute Gasteiger partial charge is 0.347 e. The van der Waals surface area contributed by atoms with Gasteiger partial charge in [-0.15, -0.1) is 0 Å². The van der Waals surface area contributed by atoms with Gasteiger partial charge >= 0.3 is 0 Å². The van der Waals surface area contributed by atoms with E-state index in [1.165, 1.54) is 6.42 Å². The molecule has 0 amide bonds. The van der Waals surface area contributed by atoms with Crippen LogP contribution in [0, 0.1) is 5.92 Å². The molecule has 1 spiro atoms. The van der Waals surface area contributed by atoms with Crippen molar-refractivity contribution in [2.24, 2.45) is 5.92 Å². The van der Waals surface area contributed by atoms with Gasteiger partial charge in [0, 0.05) is 19.4 Å². The molecule has 0 unspecified atom stereocenters. The predicted molar refractivity (Wildman–Crippen MR) is 73.3 cm³/mol. The lowest BCUT2D eigenvalue weighted by atomic mass is 9.94. The summed E-state index contributed by atoms with van der Waals surface area (Å²) in [5.41, 5.74) is 0. The average Bonchev–Trinajstić information content (AvgIpc) is 2.69. The van der Waals surface area contributed by atoms with E-state index < -0.39 is 15.8 Å². The van der Waals surface area contributed by atoms with Crippen LogP contribution in [0.1, 0.15) is 46.0 Å². The number of sulfonamides is 1. The Hall–Kier alpha value is -0.170. The van der Waals surface area contributed by atoms with Crippen LogP contribution < -0.4 is 4.72 Å². The highest BCUT2D eigenvalue weighted by molar-refractivity contribution is 7.89. The Bertz CT molecular complexity index is 387. The first-order valence-corrected chi connectivity index (χ1v) is 8.85. The van der Waals surface area contributed by atoms with Gasteiger partial charge < -0.3 is 9.47 Å². The highest BCUT2D eigenvalue weighted by Gasteiger charge is 2.42. The minimum absolute atomic E-state index is 0.128. The van der Waals surface area contributed by atoms with Crippen LogP contribution in [-0.2, 0) is 19.5 Å². The van der Waals surface area contributed by atoms with Crippen LogP contribution in [0.25, 0.3) is 0 Å². The van der Waals surface area contributed by atoms with Crippen LogP contribution in [0.2, 0.25) is 0 Å². The lowest BCUT2D eigenvalue weighted by molar-refractivity contribution is -0.186. The van der Waals surface area contributed by atoms with E-state index in [-0.39, 0.29) is 17.8 Å². The number of hydrogen-bond donors (Lipinski definition) is 1. The SMILES string of the molecule is CC(C)CS(=O)(=O)NC[C@H]1COC2(CCCCC2)O1. The summed E-state index contributed by atoms with van der Waals surface area (Å²) in [6.45, 7) is 4.60. The minimum Gasteiger partial charge on any atom is -0.347 e. The van der Waals surface area contributed by atoms with Gasteiger partial charge in [-0.1, -0.05) is 20.3 Å². The van der Waals surface area contributed by atoms with Gasteiger partial charge in [-0.25, -0.2) is 13.1 Å². The third kappa shape index (κ3) is 4.41. The average molecular weight is 291 g/mol. The first-order valence-electron chi connectivity index (χ1n) is 7.20. The molecule has 0 aromatic rings. The summed E-state index contributed by atoms with van der Waals surface area (Å²) >= 11 is 0. The molecule has 0 radical (unpaired) electrons. The smallest absolute Gasteiger partial charge is 0.211 e. The number of ether oxygens (including phenoxy) is 2. The summed E-state index contributed by atoms with van der Waals surface area (Å²) < 4.78 is 37.9. The van der Waals surface area contributed by atoms with E-state index in [1.807, 2.05) is 13.8 Å². The van der Waals surface area contributed by atoms with Crippen LogP contribution >= 0.6 is 0 Å². The molecule has 1 aliphatic carbocycles. The third-order valence-corrected chi connectivity index (χ3v) is 5.32. The summed E-state index contributed by atoms with van der Waals surface area (Å²) in [7, 11) is -3.20. The van der Waals surface area contributed by atoms with Gasteiger partial charge in [0.05, 0.1) is 18.5 Å². The summed E-state index contributed by atoms with van der Waals surface area (Å²) in [5.74, 6) is -0.138.